The minimum atomic E-state index is -0.517. The van der Waals surface area contributed by atoms with E-state index in [4.69, 9.17) is 0 Å². The van der Waals surface area contributed by atoms with E-state index >= 15 is 0 Å². The summed E-state index contributed by atoms with van der Waals surface area (Å²) in [7, 11) is 0. The summed E-state index contributed by atoms with van der Waals surface area (Å²) in [6, 6.07) is 9.53. The van der Waals surface area contributed by atoms with E-state index in [1.54, 1.807) is 23.5 Å². The van der Waals surface area contributed by atoms with Gasteiger partial charge >= 0.3 is 0 Å². The van der Waals surface area contributed by atoms with E-state index in [-0.39, 0.29) is 29.7 Å². The second-order valence-corrected chi connectivity index (χ2v) is 12.3. The number of likely N-dealkylation sites (tertiary alicyclic amines) is 1. The fourth-order valence-electron chi connectivity index (χ4n) is 4.95. The highest BCUT2D eigenvalue weighted by Crippen LogP contribution is 2.41. The summed E-state index contributed by atoms with van der Waals surface area (Å²) in [6.45, 7) is 6.00. The topological polar surface area (TPSA) is 103 Å². The number of benzene rings is 1. The third-order valence-electron chi connectivity index (χ3n) is 7.27. The van der Waals surface area contributed by atoms with Crippen LogP contribution >= 0.6 is 22.7 Å². The maximum Gasteiger partial charge on any atom is 0.264 e. The molecule has 2 fully saturated rings. The highest BCUT2D eigenvalue weighted by molar-refractivity contribution is 7.18. The zero-order chi connectivity index (χ0) is 25.0. The first-order chi connectivity index (χ1) is 17.3. The monoisotopic (exact) mass is 521 g/mol. The fourth-order valence-corrected chi connectivity index (χ4v) is 6.82. The number of rotatable bonds is 5. The van der Waals surface area contributed by atoms with Gasteiger partial charge in [0.1, 0.15) is 0 Å². The molecule has 3 aliphatic rings. The minimum Gasteiger partial charge on any atom is -0.336 e. The average molecular weight is 522 g/mol. The van der Waals surface area contributed by atoms with Crippen molar-refractivity contribution >= 4 is 51.1 Å². The number of fused-ring (bicyclic) bond motifs is 1. The molecule has 3 aliphatic heterocycles. The molecule has 2 saturated heterocycles. The number of aromatic nitrogens is 1. The zero-order valence-corrected chi connectivity index (χ0v) is 21.7. The Balaban J connectivity index is 1.07. The second-order valence-electron chi connectivity index (χ2n) is 10.1. The summed E-state index contributed by atoms with van der Waals surface area (Å²) in [5.41, 5.74) is 2.39. The molecular formula is C26H27N5O3S2. The Morgan fingerprint density at radius 1 is 1.17 bits per heavy atom. The predicted molar refractivity (Wildman–Crippen MR) is 142 cm³/mol. The van der Waals surface area contributed by atoms with Crippen molar-refractivity contribution in [3.63, 3.8) is 0 Å². The van der Waals surface area contributed by atoms with Crippen molar-refractivity contribution in [2.24, 2.45) is 0 Å². The van der Waals surface area contributed by atoms with Crippen molar-refractivity contribution in [3.8, 4) is 10.4 Å². The quantitative estimate of drug-likeness (QED) is 0.470. The molecule has 0 unspecified atom stereocenters. The molecule has 186 valence electrons. The second kappa shape index (κ2) is 8.79. The predicted octanol–water partition coefficient (Wildman–Crippen LogP) is 4.03. The number of thiophene rings is 1. The van der Waals surface area contributed by atoms with E-state index in [0.717, 1.165) is 46.1 Å². The standard InChI is InChI=1S/C26H27N5O3S2/c1-26(2)16-6-5-14(10-18(16)29-25(26)34)20-11-28-23(36-20)15-12-31(13-15)24(33)19-7-8-21(35-19)30-22(32)17-4-3-9-27-17/h5-8,10-11,15,17,27H,3-4,9,12-13H2,1-2H3,(H,29,34)(H,30,32)/t17-/m0/s1. The molecule has 3 amide bonds. The van der Waals surface area contributed by atoms with Crippen molar-refractivity contribution in [3.05, 3.63) is 52.0 Å². The molecule has 36 heavy (non-hydrogen) atoms. The van der Waals surface area contributed by atoms with Crippen LogP contribution in [0.25, 0.3) is 10.4 Å². The molecule has 1 atom stereocenters. The van der Waals surface area contributed by atoms with E-state index in [9.17, 15) is 14.4 Å². The molecule has 3 N–H and O–H groups in total. The van der Waals surface area contributed by atoms with E-state index in [1.807, 2.05) is 43.1 Å². The fraction of sp³-hybridized carbons (Fsp3) is 0.385. The van der Waals surface area contributed by atoms with Gasteiger partial charge in [-0.2, -0.15) is 0 Å². The van der Waals surface area contributed by atoms with E-state index in [0.29, 0.717) is 23.0 Å². The number of amides is 3. The van der Waals surface area contributed by atoms with Crippen LogP contribution in [0.15, 0.2) is 36.5 Å². The number of anilines is 2. The minimum absolute atomic E-state index is 0.00972. The van der Waals surface area contributed by atoms with Gasteiger partial charge < -0.3 is 20.9 Å². The number of hydrogen-bond acceptors (Lipinski definition) is 7. The maximum atomic E-state index is 12.9. The van der Waals surface area contributed by atoms with Crippen LogP contribution in [0.5, 0.6) is 0 Å². The smallest absolute Gasteiger partial charge is 0.264 e. The molecule has 6 rings (SSSR count). The Kier molecular flexibility index (Phi) is 5.70. The van der Waals surface area contributed by atoms with Gasteiger partial charge in [-0.25, -0.2) is 4.98 Å². The molecular weight excluding hydrogens is 494 g/mol. The van der Waals surface area contributed by atoms with Gasteiger partial charge in [0.2, 0.25) is 11.8 Å². The van der Waals surface area contributed by atoms with Crippen LogP contribution < -0.4 is 16.0 Å². The molecule has 0 saturated carbocycles. The lowest BCUT2D eigenvalue weighted by Gasteiger charge is -2.37. The lowest BCUT2D eigenvalue weighted by Crippen LogP contribution is -2.48. The highest BCUT2D eigenvalue weighted by atomic mass is 32.1. The van der Waals surface area contributed by atoms with Crippen molar-refractivity contribution in [1.82, 2.24) is 15.2 Å². The van der Waals surface area contributed by atoms with Gasteiger partial charge in [-0.15, -0.1) is 22.7 Å². The number of nitrogens with zero attached hydrogens (tertiary/aromatic N) is 2. The number of hydrogen-bond donors (Lipinski definition) is 3. The summed E-state index contributed by atoms with van der Waals surface area (Å²) in [4.78, 5) is 45.6. The van der Waals surface area contributed by atoms with Gasteiger partial charge in [-0.3, -0.25) is 14.4 Å². The lowest BCUT2D eigenvalue weighted by molar-refractivity contribution is -0.120. The molecule has 0 spiro atoms. The highest BCUT2D eigenvalue weighted by Gasteiger charge is 2.38. The molecule has 10 heteroatoms. The molecule has 5 heterocycles. The van der Waals surface area contributed by atoms with Gasteiger partial charge in [-0.05, 0) is 62.6 Å². The van der Waals surface area contributed by atoms with Gasteiger partial charge in [0.15, 0.2) is 0 Å². The Hall–Kier alpha value is -3.08. The molecule has 0 bridgehead atoms. The first kappa shape index (κ1) is 23.3. The van der Waals surface area contributed by atoms with Crippen molar-refractivity contribution < 1.29 is 14.4 Å². The molecule has 3 aromatic rings. The Labute approximate surface area is 217 Å². The van der Waals surface area contributed by atoms with Crippen molar-refractivity contribution in [2.45, 2.75) is 44.1 Å². The van der Waals surface area contributed by atoms with E-state index in [1.165, 1.54) is 11.3 Å². The van der Waals surface area contributed by atoms with E-state index < -0.39 is 5.41 Å². The molecule has 2 aromatic heterocycles. The summed E-state index contributed by atoms with van der Waals surface area (Å²) in [5, 5.41) is 10.8. The Morgan fingerprint density at radius 3 is 2.78 bits per heavy atom. The summed E-state index contributed by atoms with van der Waals surface area (Å²) >= 11 is 2.96. The van der Waals surface area contributed by atoms with Crippen LogP contribution in [0.2, 0.25) is 0 Å². The van der Waals surface area contributed by atoms with Gasteiger partial charge in [0, 0.05) is 30.9 Å². The van der Waals surface area contributed by atoms with Crippen LogP contribution in [0.1, 0.15) is 52.8 Å². The van der Waals surface area contributed by atoms with Gasteiger partial charge in [-0.1, -0.05) is 12.1 Å². The van der Waals surface area contributed by atoms with Gasteiger partial charge in [0.25, 0.3) is 5.91 Å². The van der Waals surface area contributed by atoms with E-state index in [2.05, 4.69) is 20.9 Å². The van der Waals surface area contributed by atoms with Crippen LogP contribution in [0, 0.1) is 0 Å². The van der Waals surface area contributed by atoms with Crippen LogP contribution in [0.3, 0.4) is 0 Å². The number of carbonyl (C=O) groups is 3. The van der Waals surface area contributed by atoms with Crippen LogP contribution in [-0.4, -0.2) is 53.3 Å². The Morgan fingerprint density at radius 2 is 2.00 bits per heavy atom. The van der Waals surface area contributed by atoms with Gasteiger partial charge in [0.05, 0.1) is 31.2 Å². The van der Waals surface area contributed by atoms with Crippen LogP contribution in [0.4, 0.5) is 10.7 Å². The first-order valence-corrected chi connectivity index (χ1v) is 13.8. The van der Waals surface area contributed by atoms with Crippen molar-refractivity contribution in [2.75, 3.05) is 30.3 Å². The maximum absolute atomic E-state index is 12.9. The third-order valence-corrected chi connectivity index (χ3v) is 9.47. The third kappa shape index (κ3) is 4.03. The van der Waals surface area contributed by atoms with Crippen molar-refractivity contribution in [1.29, 1.82) is 0 Å². The molecule has 0 radical (unpaired) electrons. The molecule has 8 nitrogen and oxygen atoms in total. The number of nitrogens with one attached hydrogen (secondary N) is 3. The molecule has 0 aliphatic carbocycles. The summed E-state index contributed by atoms with van der Waals surface area (Å²) < 4.78 is 0. The molecule has 1 aromatic carbocycles. The lowest BCUT2D eigenvalue weighted by atomic mass is 9.86. The number of thiazole rings is 1. The summed E-state index contributed by atoms with van der Waals surface area (Å²) in [5.74, 6) is 0.189. The zero-order valence-electron chi connectivity index (χ0n) is 20.1. The average Bonchev–Trinajstić information content (AvgIpc) is 3.61. The van der Waals surface area contributed by atoms with Crippen LogP contribution in [-0.2, 0) is 15.0 Å². The Bertz CT molecular complexity index is 1370. The summed E-state index contributed by atoms with van der Waals surface area (Å²) in [6.07, 6.45) is 3.73. The number of carbonyl (C=O) groups excluding carboxylic acids is 3. The normalized spacial score (nSPS) is 20.7. The largest absolute Gasteiger partial charge is 0.336 e. The first-order valence-electron chi connectivity index (χ1n) is 12.1. The SMILES string of the molecule is CC1(C)C(=O)Nc2cc(-c3cnc(C4CN(C(=O)c5ccc(NC(=O)[C@@H]6CCCN6)s5)C4)s3)ccc21.